The Morgan fingerprint density at radius 1 is 0.774 bits per heavy atom. The number of nitrogen functional groups attached to an aromatic ring is 1. The number of carbonyl (C=O) groups is 2. The molecular weight excluding hydrogens is 388 g/mol. The van der Waals surface area contributed by atoms with Crippen molar-refractivity contribution >= 4 is 23.1 Å². The molecule has 156 valence electrons. The first-order chi connectivity index (χ1) is 15.0. The summed E-state index contributed by atoms with van der Waals surface area (Å²) in [7, 11) is 2.15. The van der Waals surface area contributed by atoms with Gasteiger partial charge in [0, 0.05) is 60.3 Å². The first-order valence-corrected chi connectivity index (χ1v) is 10.5. The summed E-state index contributed by atoms with van der Waals surface area (Å²) in [6, 6.07) is 15.8. The predicted octanol–water partition coefficient (Wildman–Crippen LogP) is 3.52. The van der Waals surface area contributed by atoms with E-state index in [2.05, 4.69) is 46.1 Å². The third-order valence-corrected chi connectivity index (χ3v) is 6.24. The summed E-state index contributed by atoms with van der Waals surface area (Å²) in [6.07, 6.45) is 1.72. The average molecular weight is 412 g/mol. The molecule has 0 unspecified atom stereocenters. The first kappa shape index (κ1) is 19.5. The van der Waals surface area contributed by atoms with Gasteiger partial charge in [-0.05, 0) is 42.4 Å². The Morgan fingerprint density at radius 2 is 1.42 bits per heavy atom. The van der Waals surface area contributed by atoms with Crippen molar-refractivity contribution in [3.63, 3.8) is 0 Å². The Morgan fingerprint density at radius 3 is 2.16 bits per heavy atom. The molecule has 1 fully saturated rings. The van der Waals surface area contributed by atoms with E-state index in [-0.39, 0.29) is 18.0 Å². The van der Waals surface area contributed by atoms with Crippen LogP contribution in [0.25, 0.3) is 22.3 Å². The quantitative estimate of drug-likeness (QED) is 0.663. The van der Waals surface area contributed by atoms with Crippen molar-refractivity contribution in [1.82, 2.24) is 9.88 Å². The lowest BCUT2D eigenvalue weighted by Gasteiger charge is -2.34. The van der Waals surface area contributed by atoms with E-state index in [1.54, 1.807) is 18.3 Å². The van der Waals surface area contributed by atoms with E-state index < -0.39 is 0 Å². The monoisotopic (exact) mass is 412 g/mol. The molecule has 5 rings (SSSR count). The van der Waals surface area contributed by atoms with E-state index in [0.29, 0.717) is 16.9 Å². The number of aromatic nitrogens is 1. The number of fused-ring (bicyclic) bond motifs is 1. The third-order valence-electron chi connectivity index (χ3n) is 6.24. The van der Waals surface area contributed by atoms with Crippen molar-refractivity contribution in [3.8, 4) is 22.3 Å². The summed E-state index contributed by atoms with van der Waals surface area (Å²) in [5.41, 5.74) is 11.9. The largest absolute Gasteiger partial charge is 0.383 e. The third kappa shape index (κ3) is 3.59. The maximum atomic E-state index is 12.1. The number of anilines is 2. The lowest BCUT2D eigenvalue weighted by Crippen LogP contribution is -2.44. The van der Waals surface area contributed by atoms with Crippen molar-refractivity contribution in [2.75, 3.05) is 43.9 Å². The highest BCUT2D eigenvalue weighted by Gasteiger charge is 2.27. The fourth-order valence-corrected chi connectivity index (χ4v) is 4.32. The molecule has 1 saturated heterocycles. The number of nitrogens with two attached hydrogens (primary N) is 1. The van der Waals surface area contributed by atoms with Crippen LogP contribution >= 0.6 is 0 Å². The van der Waals surface area contributed by atoms with Crippen LogP contribution in [0, 0.1) is 0 Å². The number of nitrogens with zero attached hydrogens (tertiary/aromatic N) is 3. The smallest absolute Gasteiger partial charge is 0.171 e. The Bertz CT molecular complexity index is 1180. The molecular formula is C25H24N4O2. The van der Waals surface area contributed by atoms with Gasteiger partial charge in [-0.2, -0.15) is 0 Å². The molecule has 0 bridgehead atoms. The van der Waals surface area contributed by atoms with Crippen molar-refractivity contribution in [2.24, 2.45) is 0 Å². The van der Waals surface area contributed by atoms with Crippen molar-refractivity contribution < 1.29 is 9.59 Å². The molecule has 0 spiro atoms. The number of likely N-dealkylation sites (N-methyl/N-ethyl adjacent to an activating group) is 1. The van der Waals surface area contributed by atoms with Crippen molar-refractivity contribution in [3.05, 3.63) is 65.9 Å². The van der Waals surface area contributed by atoms with Crippen LogP contribution in [-0.4, -0.2) is 54.7 Å². The zero-order chi connectivity index (χ0) is 21.5. The number of hydrogen-bond acceptors (Lipinski definition) is 6. The number of piperazine rings is 1. The maximum absolute atomic E-state index is 12.1. The molecule has 31 heavy (non-hydrogen) atoms. The molecule has 1 aliphatic heterocycles. The summed E-state index contributed by atoms with van der Waals surface area (Å²) in [5.74, 6) is 0.144. The second-order valence-electron chi connectivity index (χ2n) is 8.28. The van der Waals surface area contributed by atoms with Crippen LogP contribution in [0.1, 0.15) is 27.1 Å². The molecule has 6 heteroatoms. The van der Waals surface area contributed by atoms with E-state index in [1.165, 1.54) is 5.69 Å². The zero-order valence-electron chi connectivity index (χ0n) is 17.5. The van der Waals surface area contributed by atoms with Gasteiger partial charge < -0.3 is 15.5 Å². The number of benzene rings is 2. The van der Waals surface area contributed by atoms with Gasteiger partial charge in [0.2, 0.25) is 0 Å². The summed E-state index contributed by atoms with van der Waals surface area (Å²) in [5, 5.41) is 0. The summed E-state index contributed by atoms with van der Waals surface area (Å²) < 4.78 is 0. The van der Waals surface area contributed by atoms with Gasteiger partial charge >= 0.3 is 0 Å². The molecule has 0 atom stereocenters. The average Bonchev–Trinajstić information content (AvgIpc) is 3.08. The number of carbonyl (C=O) groups excluding carboxylic acids is 2. The van der Waals surface area contributed by atoms with E-state index in [0.717, 1.165) is 48.4 Å². The van der Waals surface area contributed by atoms with E-state index in [1.807, 2.05) is 12.1 Å². The van der Waals surface area contributed by atoms with Crippen LogP contribution in [-0.2, 0) is 0 Å². The molecule has 2 N–H and O–H groups in total. The minimum atomic E-state index is -0.135. The Kier molecular flexibility index (Phi) is 4.79. The second kappa shape index (κ2) is 7.63. The van der Waals surface area contributed by atoms with E-state index in [9.17, 15) is 9.59 Å². The number of pyridine rings is 1. The van der Waals surface area contributed by atoms with Gasteiger partial charge in [0.1, 0.15) is 5.82 Å². The lowest BCUT2D eigenvalue weighted by molar-refractivity contribution is 0.0923. The van der Waals surface area contributed by atoms with Crippen LogP contribution < -0.4 is 10.6 Å². The number of hydrogen-bond donors (Lipinski definition) is 1. The first-order valence-electron chi connectivity index (χ1n) is 10.5. The molecule has 2 heterocycles. The predicted molar refractivity (Wildman–Crippen MR) is 123 cm³/mol. The molecule has 3 aromatic rings. The highest BCUT2D eigenvalue weighted by Crippen LogP contribution is 2.33. The lowest BCUT2D eigenvalue weighted by atomic mass is 9.98. The van der Waals surface area contributed by atoms with E-state index in [4.69, 9.17) is 5.73 Å². The molecule has 1 aromatic heterocycles. The number of Topliss-reactive ketones (excluding diaryl/α,β-unsaturated/α-hetero) is 2. The van der Waals surface area contributed by atoms with Gasteiger partial charge in [-0.3, -0.25) is 9.59 Å². The van der Waals surface area contributed by atoms with Crippen LogP contribution in [0.5, 0.6) is 0 Å². The highest BCUT2D eigenvalue weighted by molar-refractivity contribution is 6.24. The van der Waals surface area contributed by atoms with Gasteiger partial charge in [-0.25, -0.2) is 4.98 Å². The minimum Gasteiger partial charge on any atom is -0.383 e. The van der Waals surface area contributed by atoms with Crippen molar-refractivity contribution in [2.45, 2.75) is 6.42 Å². The molecule has 2 aliphatic rings. The Labute approximate surface area is 181 Å². The molecule has 0 saturated carbocycles. The van der Waals surface area contributed by atoms with Crippen LogP contribution in [0.2, 0.25) is 0 Å². The molecule has 6 nitrogen and oxygen atoms in total. The molecule has 0 radical (unpaired) electrons. The van der Waals surface area contributed by atoms with Gasteiger partial charge in [0.15, 0.2) is 11.6 Å². The molecule has 2 aromatic carbocycles. The second-order valence-corrected chi connectivity index (χ2v) is 8.28. The standard InChI is InChI=1S/C25H24N4O2/c1-28-8-10-29(11-9-28)19-5-2-16(3-6-19)18-13-21(25(26)27-15-18)17-4-7-20-22(12-17)24(31)14-23(20)30/h2-7,12-13,15H,8-11,14H2,1H3,(H2,26,27). The fourth-order valence-electron chi connectivity index (χ4n) is 4.32. The summed E-state index contributed by atoms with van der Waals surface area (Å²) in [6.45, 7) is 4.20. The molecule has 0 amide bonds. The highest BCUT2D eigenvalue weighted by atomic mass is 16.2. The van der Waals surface area contributed by atoms with Gasteiger partial charge in [-0.15, -0.1) is 0 Å². The normalized spacial score (nSPS) is 16.6. The van der Waals surface area contributed by atoms with Crippen LogP contribution in [0.4, 0.5) is 11.5 Å². The van der Waals surface area contributed by atoms with Gasteiger partial charge in [-0.1, -0.05) is 24.3 Å². The van der Waals surface area contributed by atoms with Gasteiger partial charge in [0.25, 0.3) is 0 Å². The zero-order valence-corrected chi connectivity index (χ0v) is 17.5. The van der Waals surface area contributed by atoms with Crippen molar-refractivity contribution in [1.29, 1.82) is 0 Å². The van der Waals surface area contributed by atoms with Gasteiger partial charge in [0.05, 0.1) is 6.42 Å². The van der Waals surface area contributed by atoms with Crippen LogP contribution in [0.3, 0.4) is 0 Å². The Balaban J connectivity index is 1.45. The van der Waals surface area contributed by atoms with Crippen LogP contribution in [0.15, 0.2) is 54.7 Å². The maximum Gasteiger partial charge on any atom is 0.171 e. The van der Waals surface area contributed by atoms with E-state index >= 15 is 0 Å². The number of ketones is 2. The topological polar surface area (TPSA) is 79.5 Å². The summed E-state index contributed by atoms with van der Waals surface area (Å²) >= 11 is 0. The summed E-state index contributed by atoms with van der Waals surface area (Å²) in [4.78, 5) is 33.2. The minimum absolute atomic E-state index is 0.0494. The molecule has 1 aliphatic carbocycles. The SMILES string of the molecule is CN1CCN(c2ccc(-c3cnc(N)c(-c4ccc5c(c4)C(=O)CC5=O)c3)cc2)CC1. The Hall–Kier alpha value is -3.51. The fraction of sp³-hybridized carbons (Fsp3) is 0.240. The number of rotatable bonds is 3.